The molecule has 0 aliphatic carbocycles. The summed E-state index contributed by atoms with van der Waals surface area (Å²) in [4.78, 5) is 12.2. The van der Waals surface area contributed by atoms with Gasteiger partial charge in [-0.05, 0) is 25.1 Å². The first kappa shape index (κ1) is 18.7. The molecule has 0 fully saturated rings. The largest absolute Gasteiger partial charge is 0.497 e. The normalized spacial score (nSPS) is 11.7. The van der Waals surface area contributed by atoms with Gasteiger partial charge in [0, 0.05) is 30.6 Å². The molecule has 134 valence electrons. The number of nitrogens with one attached hydrogen (secondary N) is 2. The van der Waals surface area contributed by atoms with Crippen LogP contribution in [0.2, 0.25) is 0 Å². The summed E-state index contributed by atoms with van der Waals surface area (Å²) in [5, 5.41) is 5.97. The Hall–Kier alpha value is -2.60. The van der Waals surface area contributed by atoms with Gasteiger partial charge in [0.25, 0.3) is 0 Å². The summed E-state index contributed by atoms with van der Waals surface area (Å²) in [5.41, 5.74) is 1.15. The summed E-state index contributed by atoms with van der Waals surface area (Å²) in [6, 6.07) is 11.6. The highest BCUT2D eigenvalue weighted by atomic mass is 19.1. The van der Waals surface area contributed by atoms with E-state index in [9.17, 15) is 9.18 Å². The van der Waals surface area contributed by atoms with Crippen molar-refractivity contribution in [2.45, 2.75) is 25.9 Å². The molecule has 1 atom stereocenters. The number of rotatable bonds is 8. The minimum atomic E-state index is -0.255. The lowest BCUT2D eigenvalue weighted by Crippen LogP contribution is -2.30. The van der Waals surface area contributed by atoms with Gasteiger partial charge in [-0.2, -0.15) is 0 Å². The fourth-order valence-corrected chi connectivity index (χ4v) is 2.38. The molecule has 2 N–H and O–H groups in total. The van der Waals surface area contributed by atoms with Gasteiger partial charge in [-0.25, -0.2) is 4.39 Å². The molecule has 0 heterocycles. The van der Waals surface area contributed by atoms with Crippen molar-refractivity contribution in [3.8, 4) is 11.5 Å². The second-order valence-electron chi connectivity index (χ2n) is 5.69. The molecule has 0 aliphatic heterocycles. The van der Waals surface area contributed by atoms with E-state index in [1.54, 1.807) is 43.5 Å². The van der Waals surface area contributed by atoms with Crippen molar-refractivity contribution in [3.63, 3.8) is 0 Å². The number of anilines is 1. The van der Waals surface area contributed by atoms with Gasteiger partial charge in [-0.1, -0.05) is 18.2 Å². The molecule has 2 rings (SSSR count). The van der Waals surface area contributed by atoms with E-state index < -0.39 is 0 Å². The summed E-state index contributed by atoms with van der Waals surface area (Å²) in [7, 11) is 3.10. The van der Waals surface area contributed by atoms with E-state index in [0.717, 1.165) is 0 Å². The quantitative estimate of drug-likeness (QED) is 0.770. The van der Waals surface area contributed by atoms with E-state index in [2.05, 4.69) is 10.6 Å². The van der Waals surface area contributed by atoms with Crippen molar-refractivity contribution < 1.29 is 18.7 Å². The maximum absolute atomic E-state index is 13.6. The molecule has 6 heteroatoms. The van der Waals surface area contributed by atoms with Crippen LogP contribution >= 0.6 is 0 Å². The van der Waals surface area contributed by atoms with Crippen LogP contribution in [0.3, 0.4) is 0 Å². The Bertz CT molecular complexity index is 722. The Balaban J connectivity index is 1.88. The molecule has 2 aromatic rings. The SMILES string of the molecule is COc1ccc(NC(=O)CC(C)NCc2ccccc2F)c(OC)c1. The molecule has 0 spiro atoms. The summed E-state index contributed by atoms with van der Waals surface area (Å²) >= 11 is 0. The third-order valence-corrected chi connectivity index (χ3v) is 3.77. The summed E-state index contributed by atoms with van der Waals surface area (Å²) in [6.07, 6.45) is 0.254. The van der Waals surface area contributed by atoms with Gasteiger partial charge in [0.2, 0.25) is 5.91 Å². The first-order valence-corrected chi connectivity index (χ1v) is 8.02. The number of benzene rings is 2. The fourth-order valence-electron chi connectivity index (χ4n) is 2.38. The molecule has 0 radical (unpaired) electrons. The average molecular weight is 346 g/mol. The van der Waals surface area contributed by atoms with Crippen LogP contribution in [0.4, 0.5) is 10.1 Å². The van der Waals surface area contributed by atoms with Crippen molar-refractivity contribution in [1.29, 1.82) is 0 Å². The zero-order valence-electron chi connectivity index (χ0n) is 14.6. The highest BCUT2D eigenvalue weighted by molar-refractivity contribution is 5.92. The minimum Gasteiger partial charge on any atom is -0.497 e. The first-order chi connectivity index (χ1) is 12.0. The van der Waals surface area contributed by atoms with Crippen LogP contribution in [0.15, 0.2) is 42.5 Å². The van der Waals surface area contributed by atoms with Crippen LogP contribution in [-0.2, 0) is 11.3 Å². The molecule has 0 bridgehead atoms. The predicted octanol–water partition coefficient (Wildman–Crippen LogP) is 3.35. The van der Waals surface area contributed by atoms with E-state index >= 15 is 0 Å². The van der Waals surface area contributed by atoms with Gasteiger partial charge >= 0.3 is 0 Å². The highest BCUT2D eigenvalue weighted by Crippen LogP contribution is 2.29. The molecule has 0 saturated heterocycles. The average Bonchev–Trinajstić information content (AvgIpc) is 2.61. The van der Waals surface area contributed by atoms with Crippen LogP contribution in [0.25, 0.3) is 0 Å². The van der Waals surface area contributed by atoms with Crippen molar-refractivity contribution in [2.75, 3.05) is 19.5 Å². The van der Waals surface area contributed by atoms with Gasteiger partial charge in [-0.3, -0.25) is 4.79 Å². The first-order valence-electron chi connectivity index (χ1n) is 8.02. The smallest absolute Gasteiger partial charge is 0.226 e. The number of hydrogen-bond acceptors (Lipinski definition) is 4. The van der Waals surface area contributed by atoms with Gasteiger partial charge in [0.05, 0.1) is 19.9 Å². The van der Waals surface area contributed by atoms with Crippen LogP contribution in [0.5, 0.6) is 11.5 Å². The molecule has 2 aromatic carbocycles. The van der Waals surface area contributed by atoms with Crippen LogP contribution in [-0.4, -0.2) is 26.2 Å². The molecule has 0 aliphatic rings. The summed E-state index contributed by atoms with van der Waals surface area (Å²) < 4.78 is 24.0. The number of methoxy groups -OCH3 is 2. The lowest BCUT2D eigenvalue weighted by atomic mass is 10.1. The molecule has 25 heavy (non-hydrogen) atoms. The third kappa shape index (κ3) is 5.46. The molecular weight excluding hydrogens is 323 g/mol. The second kappa shape index (κ2) is 9.03. The van der Waals surface area contributed by atoms with Crippen LogP contribution in [0.1, 0.15) is 18.9 Å². The maximum Gasteiger partial charge on any atom is 0.226 e. The fraction of sp³-hybridized carbons (Fsp3) is 0.316. The topological polar surface area (TPSA) is 59.6 Å². The van der Waals surface area contributed by atoms with Gasteiger partial charge in [0.15, 0.2) is 0 Å². The molecule has 1 unspecified atom stereocenters. The second-order valence-corrected chi connectivity index (χ2v) is 5.69. The minimum absolute atomic E-state index is 0.108. The van der Waals surface area contributed by atoms with Crippen LogP contribution in [0, 0.1) is 5.82 Å². The monoisotopic (exact) mass is 346 g/mol. The predicted molar refractivity (Wildman–Crippen MR) is 95.5 cm³/mol. The maximum atomic E-state index is 13.6. The lowest BCUT2D eigenvalue weighted by molar-refractivity contribution is -0.116. The van der Waals surface area contributed by atoms with Gasteiger partial charge < -0.3 is 20.1 Å². The zero-order valence-corrected chi connectivity index (χ0v) is 14.6. The summed E-state index contributed by atoms with van der Waals surface area (Å²) in [6.45, 7) is 2.25. The van der Waals surface area contributed by atoms with Crippen molar-refractivity contribution in [1.82, 2.24) is 5.32 Å². The molecule has 1 amide bonds. The standard InChI is InChI=1S/C19H23FN2O3/c1-13(21-12-14-6-4-5-7-16(14)20)10-19(23)22-17-9-8-15(24-2)11-18(17)25-3/h4-9,11,13,21H,10,12H2,1-3H3,(H,22,23). The Morgan fingerprint density at radius 2 is 1.92 bits per heavy atom. The number of amides is 1. The number of ether oxygens (including phenoxy) is 2. The summed E-state index contributed by atoms with van der Waals surface area (Å²) in [5.74, 6) is 0.765. The molecule has 5 nitrogen and oxygen atoms in total. The number of halogens is 1. The lowest BCUT2D eigenvalue weighted by Gasteiger charge is -2.15. The number of hydrogen-bond donors (Lipinski definition) is 2. The van der Waals surface area contributed by atoms with E-state index in [-0.39, 0.29) is 24.2 Å². The Morgan fingerprint density at radius 1 is 1.16 bits per heavy atom. The number of carbonyl (C=O) groups is 1. The van der Waals surface area contributed by atoms with Crippen molar-refractivity contribution in [3.05, 3.63) is 53.8 Å². The van der Waals surface area contributed by atoms with Crippen LogP contribution < -0.4 is 20.1 Å². The van der Waals surface area contributed by atoms with Gasteiger partial charge in [-0.15, -0.1) is 0 Å². The number of carbonyl (C=O) groups excluding carboxylic acids is 1. The van der Waals surface area contributed by atoms with E-state index in [1.807, 2.05) is 6.92 Å². The Kier molecular flexibility index (Phi) is 6.77. The third-order valence-electron chi connectivity index (χ3n) is 3.77. The molecular formula is C19H23FN2O3. The van der Waals surface area contributed by atoms with E-state index in [1.165, 1.54) is 13.2 Å². The molecule has 0 aromatic heterocycles. The van der Waals surface area contributed by atoms with E-state index in [0.29, 0.717) is 29.3 Å². The zero-order chi connectivity index (χ0) is 18.2. The van der Waals surface area contributed by atoms with Crippen molar-refractivity contribution in [2.24, 2.45) is 0 Å². The highest BCUT2D eigenvalue weighted by Gasteiger charge is 2.13. The molecule has 0 saturated carbocycles. The Morgan fingerprint density at radius 3 is 2.60 bits per heavy atom. The van der Waals surface area contributed by atoms with Crippen molar-refractivity contribution >= 4 is 11.6 Å². The Labute approximate surface area is 147 Å². The van der Waals surface area contributed by atoms with Gasteiger partial charge in [0.1, 0.15) is 17.3 Å². The van der Waals surface area contributed by atoms with E-state index in [4.69, 9.17) is 9.47 Å².